The van der Waals surface area contributed by atoms with Gasteiger partial charge in [-0.3, -0.25) is 0 Å². The van der Waals surface area contributed by atoms with Crippen LogP contribution in [-0.4, -0.2) is 10.2 Å². The van der Waals surface area contributed by atoms with E-state index in [1.165, 1.54) is 0 Å². The molecule has 14 heavy (non-hydrogen) atoms. The van der Waals surface area contributed by atoms with Crippen LogP contribution in [0.2, 0.25) is 0 Å². The van der Waals surface area contributed by atoms with Crippen LogP contribution in [0.3, 0.4) is 0 Å². The molecule has 1 rings (SSSR count). The normalized spacial score (nSPS) is 11.6. The van der Waals surface area contributed by atoms with Gasteiger partial charge in [0, 0.05) is 5.56 Å². The maximum absolute atomic E-state index is 5.35. The Labute approximate surface area is 92.4 Å². The van der Waals surface area contributed by atoms with E-state index in [9.17, 15) is 0 Å². The van der Waals surface area contributed by atoms with E-state index in [1.807, 2.05) is 6.92 Å². The number of nitrogens with one attached hydrogen (secondary N) is 1. The Balaban J connectivity index is 3.40. The molecule has 1 heterocycles. The molecule has 0 amide bonds. The molecule has 1 aromatic heterocycles. The van der Waals surface area contributed by atoms with Gasteiger partial charge in [-0.2, -0.15) is 0 Å². The molecule has 3 N–H and O–H groups in total. The fourth-order valence-electron chi connectivity index (χ4n) is 1.50. The lowest BCUT2D eigenvalue weighted by molar-refractivity contribution is 0.576. The topological polar surface area (TPSA) is 63.8 Å². The summed E-state index contributed by atoms with van der Waals surface area (Å²) < 4.78 is 0.779. The van der Waals surface area contributed by atoms with Gasteiger partial charge in [-0.1, -0.05) is 20.8 Å². The quantitative estimate of drug-likeness (QED) is 0.599. The molecule has 0 bridgehead atoms. The summed E-state index contributed by atoms with van der Waals surface area (Å²) in [6, 6.07) is 0. The first-order valence-corrected chi connectivity index (χ1v) is 5.17. The standard InChI is InChI=1S/C9H15BrN4/c1-5-6(9(2,3)4)7(10)13-14-8(5)12-11/h11H2,1-4H3,(H,12,14). The monoisotopic (exact) mass is 258 g/mol. The Morgan fingerprint density at radius 2 is 1.86 bits per heavy atom. The number of halogens is 1. The Morgan fingerprint density at radius 3 is 2.29 bits per heavy atom. The predicted octanol–water partition coefficient (Wildman–Crippen LogP) is 2.13. The van der Waals surface area contributed by atoms with Crippen LogP contribution in [0, 0.1) is 6.92 Å². The zero-order chi connectivity index (χ0) is 10.9. The van der Waals surface area contributed by atoms with Crippen LogP contribution < -0.4 is 11.3 Å². The first-order chi connectivity index (χ1) is 6.38. The third kappa shape index (κ3) is 2.04. The number of nitrogens with two attached hydrogens (primary N) is 1. The van der Waals surface area contributed by atoms with Crippen molar-refractivity contribution in [3.8, 4) is 0 Å². The first kappa shape index (κ1) is 11.4. The van der Waals surface area contributed by atoms with Crippen molar-refractivity contribution in [3.05, 3.63) is 15.7 Å². The summed E-state index contributed by atoms with van der Waals surface area (Å²) in [5.74, 6) is 5.97. The number of hydrazine groups is 1. The Kier molecular flexibility index (Phi) is 3.11. The van der Waals surface area contributed by atoms with Gasteiger partial charge >= 0.3 is 0 Å². The molecule has 4 nitrogen and oxygen atoms in total. The molecule has 0 aromatic carbocycles. The van der Waals surface area contributed by atoms with Crippen molar-refractivity contribution in [1.82, 2.24) is 10.2 Å². The SMILES string of the molecule is Cc1c(NN)nnc(Br)c1C(C)(C)C. The number of nitrogen functional groups attached to an aromatic ring is 1. The van der Waals surface area contributed by atoms with E-state index in [-0.39, 0.29) is 5.41 Å². The number of rotatable bonds is 1. The van der Waals surface area contributed by atoms with Crippen molar-refractivity contribution in [2.75, 3.05) is 5.43 Å². The smallest absolute Gasteiger partial charge is 0.165 e. The van der Waals surface area contributed by atoms with Crippen molar-refractivity contribution >= 4 is 21.7 Å². The summed E-state index contributed by atoms with van der Waals surface area (Å²) in [6.45, 7) is 8.36. The summed E-state index contributed by atoms with van der Waals surface area (Å²) >= 11 is 3.40. The second-order valence-electron chi connectivity index (χ2n) is 4.23. The highest BCUT2D eigenvalue weighted by atomic mass is 79.9. The van der Waals surface area contributed by atoms with E-state index in [1.54, 1.807) is 0 Å². The molecule has 0 spiro atoms. The number of nitrogens with zero attached hydrogens (tertiary/aromatic N) is 2. The van der Waals surface area contributed by atoms with Gasteiger partial charge in [0.1, 0.15) is 4.60 Å². The average molecular weight is 259 g/mol. The van der Waals surface area contributed by atoms with E-state index < -0.39 is 0 Å². The van der Waals surface area contributed by atoms with E-state index in [4.69, 9.17) is 5.84 Å². The number of hydrogen-bond acceptors (Lipinski definition) is 4. The second kappa shape index (κ2) is 3.82. The summed E-state index contributed by atoms with van der Waals surface area (Å²) in [5, 5.41) is 7.94. The Morgan fingerprint density at radius 1 is 1.29 bits per heavy atom. The lowest BCUT2D eigenvalue weighted by Gasteiger charge is -2.23. The molecule has 5 heteroatoms. The molecule has 78 valence electrons. The average Bonchev–Trinajstić information content (AvgIpc) is 2.02. The van der Waals surface area contributed by atoms with Gasteiger partial charge in [-0.25, -0.2) is 5.84 Å². The van der Waals surface area contributed by atoms with Crippen LogP contribution in [0.4, 0.5) is 5.82 Å². The zero-order valence-electron chi connectivity index (χ0n) is 8.85. The van der Waals surface area contributed by atoms with E-state index in [0.29, 0.717) is 5.82 Å². The van der Waals surface area contributed by atoms with E-state index >= 15 is 0 Å². The summed E-state index contributed by atoms with van der Waals surface area (Å²) in [7, 11) is 0. The second-order valence-corrected chi connectivity index (χ2v) is 4.98. The van der Waals surface area contributed by atoms with Gasteiger partial charge < -0.3 is 5.43 Å². The van der Waals surface area contributed by atoms with Crippen molar-refractivity contribution in [2.24, 2.45) is 5.84 Å². The van der Waals surface area contributed by atoms with Crippen LogP contribution in [0.5, 0.6) is 0 Å². The minimum absolute atomic E-state index is 0.0183. The maximum Gasteiger partial charge on any atom is 0.165 e. The zero-order valence-corrected chi connectivity index (χ0v) is 10.4. The van der Waals surface area contributed by atoms with Gasteiger partial charge in [-0.05, 0) is 33.8 Å². The number of anilines is 1. The summed E-state index contributed by atoms with van der Waals surface area (Å²) in [4.78, 5) is 0. The molecule has 0 saturated heterocycles. The van der Waals surface area contributed by atoms with Gasteiger partial charge in [-0.15, -0.1) is 10.2 Å². The van der Waals surface area contributed by atoms with Crippen LogP contribution >= 0.6 is 15.9 Å². The van der Waals surface area contributed by atoms with Crippen molar-refractivity contribution in [2.45, 2.75) is 33.1 Å². The minimum atomic E-state index is 0.0183. The lowest BCUT2D eigenvalue weighted by atomic mass is 9.85. The van der Waals surface area contributed by atoms with Crippen LogP contribution in [0.1, 0.15) is 31.9 Å². The third-order valence-corrected chi connectivity index (χ3v) is 2.62. The van der Waals surface area contributed by atoms with Crippen molar-refractivity contribution < 1.29 is 0 Å². The van der Waals surface area contributed by atoms with Gasteiger partial charge in [0.15, 0.2) is 5.82 Å². The minimum Gasteiger partial charge on any atom is -0.307 e. The fourth-order valence-corrected chi connectivity index (χ4v) is 2.47. The highest BCUT2D eigenvalue weighted by Crippen LogP contribution is 2.32. The molecule has 1 aromatic rings. The van der Waals surface area contributed by atoms with Gasteiger partial charge in [0.25, 0.3) is 0 Å². The number of hydrogen-bond donors (Lipinski definition) is 2. The van der Waals surface area contributed by atoms with E-state index in [2.05, 4.69) is 52.3 Å². The van der Waals surface area contributed by atoms with Crippen LogP contribution in [0.25, 0.3) is 0 Å². The Hall–Kier alpha value is -0.680. The van der Waals surface area contributed by atoms with Crippen LogP contribution in [0.15, 0.2) is 4.60 Å². The molecule has 0 atom stereocenters. The van der Waals surface area contributed by atoms with Gasteiger partial charge in [0.2, 0.25) is 0 Å². The lowest BCUT2D eigenvalue weighted by Crippen LogP contribution is -2.19. The van der Waals surface area contributed by atoms with Crippen LogP contribution in [-0.2, 0) is 5.41 Å². The van der Waals surface area contributed by atoms with Crippen molar-refractivity contribution in [1.29, 1.82) is 0 Å². The molecule has 0 aliphatic rings. The highest BCUT2D eigenvalue weighted by Gasteiger charge is 2.22. The molecular weight excluding hydrogens is 244 g/mol. The molecular formula is C9H15BrN4. The number of aromatic nitrogens is 2. The predicted molar refractivity (Wildman–Crippen MR) is 61.0 cm³/mol. The van der Waals surface area contributed by atoms with Crippen molar-refractivity contribution in [3.63, 3.8) is 0 Å². The molecule has 0 fully saturated rings. The molecule has 0 aliphatic heterocycles. The molecule has 0 unspecified atom stereocenters. The molecule has 0 radical (unpaired) electrons. The van der Waals surface area contributed by atoms with E-state index in [0.717, 1.165) is 15.7 Å². The highest BCUT2D eigenvalue weighted by molar-refractivity contribution is 9.10. The summed E-state index contributed by atoms with van der Waals surface area (Å²) in [5.41, 5.74) is 4.71. The molecule has 0 aliphatic carbocycles. The largest absolute Gasteiger partial charge is 0.307 e. The maximum atomic E-state index is 5.35. The Bertz CT molecular complexity index is 343. The van der Waals surface area contributed by atoms with Gasteiger partial charge in [0.05, 0.1) is 0 Å². The third-order valence-electron chi connectivity index (χ3n) is 2.06. The first-order valence-electron chi connectivity index (χ1n) is 4.37. The summed E-state index contributed by atoms with van der Waals surface area (Å²) in [6.07, 6.45) is 0. The fraction of sp³-hybridized carbons (Fsp3) is 0.556. The molecule has 0 saturated carbocycles.